The van der Waals surface area contributed by atoms with Crippen LogP contribution in [0.4, 0.5) is 65.9 Å². The van der Waals surface area contributed by atoms with Crippen molar-refractivity contribution in [2.75, 3.05) is 39.4 Å². The Morgan fingerprint density at radius 1 is 0.676 bits per heavy atom. The maximum absolute atomic E-state index is 13.7. The van der Waals surface area contributed by atoms with Crippen molar-refractivity contribution < 1.29 is 75.4 Å². The summed E-state index contributed by atoms with van der Waals surface area (Å²) >= 11 is 0. The summed E-state index contributed by atoms with van der Waals surface area (Å²) in [6, 6.07) is 0. The van der Waals surface area contributed by atoms with Crippen LogP contribution in [0.2, 0.25) is 0 Å². The number of ether oxygens (including phenoxy) is 1. The molecular weight excluding hydrogens is 525 g/mol. The predicted molar refractivity (Wildman–Crippen MR) is 80.6 cm³/mol. The molecular formula is C15H15F15N2O2. The first-order chi connectivity index (χ1) is 15.0. The van der Waals surface area contributed by atoms with Gasteiger partial charge in [0.15, 0.2) is 0 Å². The van der Waals surface area contributed by atoms with Crippen LogP contribution in [0.15, 0.2) is 0 Å². The van der Waals surface area contributed by atoms with Gasteiger partial charge < -0.3 is 10.1 Å². The lowest BCUT2D eigenvalue weighted by atomic mass is 9.91. The molecule has 0 radical (unpaired) electrons. The third kappa shape index (κ3) is 4.86. The van der Waals surface area contributed by atoms with Crippen LogP contribution in [0.1, 0.15) is 6.42 Å². The first-order valence-electron chi connectivity index (χ1n) is 8.92. The molecule has 0 saturated carbocycles. The number of amides is 1. The predicted octanol–water partition coefficient (Wildman–Crippen LogP) is 4.20. The summed E-state index contributed by atoms with van der Waals surface area (Å²) in [6.07, 6.45) is -7.96. The number of nitrogens with zero attached hydrogens (tertiary/aromatic N) is 1. The van der Waals surface area contributed by atoms with Gasteiger partial charge in [0, 0.05) is 19.6 Å². The Bertz CT molecular complexity index is 717. The summed E-state index contributed by atoms with van der Waals surface area (Å²) in [7, 11) is 0. The van der Waals surface area contributed by atoms with Crippen LogP contribution in [0, 0.1) is 0 Å². The van der Waals surface area contributed by atoms with Crippen molar-refractivity contribution in [2.24, 2.45) is 0 Å². The van der Waals surface area contributed by atoms with E-state index < -0.39 is 54.2 Å². The molecule has 1 rings (SSSR count). The average Bonchev–Trinajstić information content (AvgIpc) is 2.70. The number of alkyl halides is 15. The van der Waals surface area contributed by atoms with E-state index in [0.29, 0.717) is 13.1 Å². The fraction of sp³-hybridized carbons (Fsp3) is 0.933. The minimum Gasteiger partial charge on any atom is -0.379 e. The molecule has 1 saturated heterocycles. The molecule has 1 amide bonds. The Morgan fingerprint density at radius 2 is 1.09 bits per heavy atom. The van der Waals surface area contributed by atoms with Gasteiger partial charge in [0.2, 0.25) is 0 Å². The van der Waals surface area contributed by atoms with E-state index in [0.717, 1.165) is 5.32 Å². The molecule has 0 aliphatic carbocycles. The molecule has 19 heteroatoms. The summed E-state index contributed by atoms with van der Waals surface area (Å²) < 4.78 is 201. The zero-order valence-corrected chi connectivity index (χ0v) is 16.4. The van der Waals surface area contributed by atoms with E-state index in [-0.39, 0.29) is 26.2 Å². The molecule has 202 valence electrons. The van der Waals surface area contributed by atoms with Gasteiger partial charge in [-0.25, -0.2) is 0 Å². The first kappa shape index (κ1) is 30.4. The minimum absolute atomic E-state index is 0.0264. The lowest BCUT2D eigenvalue weighted by Crippen LogP contribution is -2.74. The second kappa shape index (κ2) is 9.42. The molecule has 1 N–H and O–H groups in total. The highest BCUT2D eigenvalue weighted by molar-refractivity contribution is 5.84. The van der Waals surface area contributed by atoms with E-state index in [2.05, 4.69) is 0 Å². The van der Waals surface area contributed by atoms with Gasteiger partial charge in [0.1, 0.15) is 0 Å². The quantitative estimate of drug-likeness (QED) is 0.334. The lowest BCUT2D eigenvalue weighted by Gasteiger charge is -2.41. The van der Waals surface area contributed by atoms with Crippen molar-refractivity contribution >= 4 is 5.91 Å². The molecule has 0 atom stereocenters. The van der Waals surface area contributed by atoms with Crippen LogP contribution in [0.5, 0.6) is 0 Å². The van der Waals surface area contributed by atoms with Gasteiger partial charge >= 0.3 is 41.7 Å². The van der Waals surface area contributed by atoms with Crippen LogP contribution in [0.25, 0.3) is 0 Å². The first-order valence-corrected chi connectivity index (χ1v) is 8.92. The molecule has 34 heavy (non-hydrogen) atoms. The number of morpholine rings is 1. The van der Waals surface area contributed by atoms with Crippen molar-refractivity contribution in [3.05, 3.63) is 0 Å². The standard InChI is InChI=1S/C15H15F15N2O2/c16-9(17,8(33)31-2-1-3-32-4-6-34-7-5-32)10(18,19)11(20,21)12(22,23)13(24,25)14(26,27)15(28,29)30/h1-7H2,(H,31,33). The summed E-state index contributed by atoms with van der Waals surface area (Å²) in [5.41, 5.74) is 0. The number of halogens is 15. The van der Waals surface area contributed by atoms with Gasteiger partial charge in [-0.3, -0.25) is 9.69 Å². The monoisotopic (exact) mass is 540 g/mol. The summed E-state index contributed by atoms with van der Waals surface area (Å²) in [6.45, 7) is 0.279. The fourth-order valence-corrected chi connectivity index (χ4v) is 2.55. The highest BCUT2D eigenvalue weighted by Gasteiger charge is 2.94. The van der Waals surface area contributed by atoms with Crippen LogP contribution < -0.4 is 5.32 Å². The van der Waals surface area contributed by atoms with Crippen molar-refractivity contribution in [3.63, 3.8) is 0 Å². The fourth-order valence-electron chi connectivity index (χ4n) is 2.55. The number of carbonyl (C=O) groups excluding carboxylic acids is 1. The normalized spacial score (nSPS) is 18.2. The number of hydrogen-bond donors (Lipinski definition) is 1. The molecule has 0 bridgehead atoms. The van der Waals surface area contributed by atoms with Crippen LogP contribution in [0.3, 0.4) is 0 Å². The molecule has 0 unspecified atom stereocenters. The number of rotatable bonds is 10. The Morgan fingerprint density at radius 3 is 1.53 bits per heavy atom. The number of carbonyl (C=O) groups is 1. The molecule has 0 spiro atoms. The van der Waals surface area contributed by atoms with Gasteiger partial charge in [-0.15, -0.1) is 0 Å². The Labute approximate surface area is 180 Å². The highest BCUT2D eigenvalue weighted by atomic mass is 19.4. The van der Waals surface area contributed by atoms with Gasteiger partial charge in [-0.1, -0.05) is 0 Å². The van der Waals surface area contributed by atoms with Gasteiger partial charge in [-0.05, 0) is 13.0 Å². The number of hydrogen-bond acceptors (Lipinski definition) is 3. The van der Waals surface area contributed by atoms with E-state index in [1.54, 1.807) is 4.90 Å². The summed E-state index contributed by atoms with van der Waals surface area (Å²) in [5, 5.41) is 0.965. The average molecular weight is 540 g/mol. The van der Waals surface area contributed by atoms with Gasteiger partial charge in [0.05, 0.1) is 13.2 Å². The van der Waals surface area contributed by atoms with E-state index >= 15 is 0 Å². The Kier molecular flexibility index (Phi) is 8.41. The smallest absolute Gasteiger partial charge is 0.379 e. The van der Waals surface area contributed by atoms with E-state index in [1.807, 2.05) is 0 Å². The van der Waals surface area contributed by atoms with E-state index in [9.17, 15) is 70.7 Å². The lowest BCUT2D eigenvalue weighted by molar-refractivity contribution is -0.449. The molecule has 0 aromatic rings. The molecule has 1 heterocycles. The zero-order chi connectivity index (χ0) is 27.0. The molecule has 0 aromatic carbocycles. The Balaban J connectivity index is 3.09. The van der Waals surface area contributed by atoms with Crippen LogP contribution in [-0.4, -0.2) is 91.9 Å². The third-order valence-corrected chi connectivity index (χ3v) is 4.65. The second-order valence-corrected chi connectivity index (χ2v) is 7.01. The minimum atomic E-state index is -8.41. The van der Waals surface area contributed by atoms with Gasteiger partial charge in [0.25, 0.3) is 5.91 Å². The zero-order valence-electron chi connectivity index (χ0n) is 16.4. The van der Waals surface area contributed by atoms with E-state index in [1.165, 1.54) is 0 Å². The van der Waals surface area contributed by atoms with E-state index in [4.69, 9.17) is 4.74 Å². The van der Waals surface area contributed by atoms with Crippen molar-refractivity contribution in [1.29, 1.82) is 0 Å². The largest absolute Gasteiger partial charge is 0.460 e. The molecule has 4 nitrogen and oxygen atoms in total. The van der Waals surface area contributed by atoms with Crippen molar-refractivity contribution in [3.8, 4) is 0 Å². The molecule has 0 aromatic heterocycles. The molecule has 1 fully saturated rings. The highest BCUT2D eigenvalue weighted by Crippen LogP contribution is 2.62. The van der Waals surface area contributed by atoms with Gasteiger partial charge in [-0.2, -0.15) is 65.9 Å². The molecule has 1 aliphatic heterocycles. The summed E-state index contributed by atoms with van der Waals surface area (Å²) in [4.78, 5) is 12.9. The third-order valence-electron chi connectivity index (χ3n) is 4.65. The summed E-state index contributed by atoms with van der Waals surface area (Å²) in [5.74, 6) is -51.3. The second-order valence-electron chi connectivity index (χ2n) is 7.01. The van der Waals surface area contributed by atoms with Crippen LogP contribution in [-0.2, 0) is 9.53 Å². The molecule has 1 aliphatic rings. The van der Waals surface area contributed by atoms with Crippen molar-refractivity contribution in [1.82, 2.24) is 10.2 Å². The Hall–Kier alpha value is -1.66. The number of nitrogens with one attached hydrogen (secondary N) is 1. The topological polar surface area (TPSA) is 41.6 Å². The maximum atomic E-state index is 13.7. The SMILES string of the molecule is O=C(NCCCN1CCOCC1)C(F)(F)C(F)(F)C(F)(F)C(F)(F)C(F)(F)C(F)(F)C(F)(F)F. The van der Waals surface area contributed by atoms with Crippen molar-refractivity contribution in [2.45, 2.75) is 48.1 Å². The maximum Gasteiger partial charge on any atom is 0.460 e. The van der Waals surface area contributed by atoms with Crippen LogP contribution >= 0.6 is 0 Å².